The summed E-state index contributed by atoms with van der Waals surface area (Å²) in [5.74, 6) is -1.16. The van der Waals surface area contributed by atoms with Gasteiger partial charge in [-0.05, 0) is 17.7 Å². The standard InChI is InChI=1S/C9H8Cl3F2N/c10-4-1-6(11)8(7(12)2-4)5(3-15)9(13)14/h1-2,5,9H,3,15H2. The van der Waals surface area contributed by atoms with Crippen LogP contribution >= 0.6 is 34.8 Å². The first-order chi connectivity index (χ1) is 6.97. The summed E-state index contributed by atoms with van der Waals surface area (Å²) >= 11 is 17.3. The molecule has 6 heteroatoms. The summed E-state index contributed by atoms with van der Waals surface area (Å²) in [6.45, 7) is -0.223. The molecular weight excluding hydrogens is 266 g/mol. The lowest BCUT2D eigenvalue weighted by atomic mass is 9.99. The minimum atomic E-state index is -2.61. The van der Waals surface area contributed by atoms with Crippen molar-refractivity contribution in [3.8, 4) is 0 Å². The summed E-state index contributed by atoms with van der Waals surface area (Å²) < 4.78 is 25.2. The number of halogens is 5. The molecule has 2 N–H and O–H groups in total. The molecule has 84 valence electrons. The van der Waals surface area contributed by atoms with Crippen molar-refractivity contribution < 1.29 is 8.78 Å². The van der Waals surface area contributed by atoms with Crippen LogP contribution in [0.5, 0.6) is 0 Å². The molecule has 0 amide bonds. The highest BCUT2D eigenvalue weighted by molar-refractivity contribution is 6.39. The lowest BCUT2D eigenvalue weighted by Crippen LogP contribution is -2.20. The number of nitrogens with two attached hydrogens (primary N) is 1. The van der Waals surface area contributed by atoms with Crippen molar-refractivity contribution in [1.29, 1.82) is 0 Å². The van der Waals surface area contributed by atoms with Gasteiger partial charge in [0, 0.05) is 21.6 Å². The summed E-state index contributed by atoms with van der Waals surface area (Å²) in [6, 6.07) is 2.74. The summed E-state index contributed by atoms with van der Waals surface area (Å²) in [4.78, 5) is 0. The Morgan fingerprint density at radius 2 is 1.60 bits per heavy atom. The Bertz CT molecular complexity index is 334. The highest BCUT2D eigenvalue weighted by Gasteiger charge is 2.25. The van der Waals surface area contributed by atoms with E-state index < -0.39 is 12.3 Å². The van der Waals surface area contributed by atoms with Crippen molar-refractivity contribution in [2.24, 2.45) is 5.73 Å². The van der Waals surface area contributed by atoms with Crippen LogP contribution in [0.4, 0.5) is 8.78 Å². The Morgan fingerprint density at radius 1 is 1.13 bits per heavy atom. The van der Waals surface area contributed by atoms with Crippen molar-refractivity contribution in [3.63, 3.8) is 0 Å². The minimum Gasteiger partial charge on any atom is -0.330 e. The maximum Gasteiger partial charge on any atom is 0.246 e. The summed E-state index contributed by atoms with van der Waals surface area (Å²) in [5.41, 5.74) is 5.40. The molecule has 0 heterocycles. The van der Waals surface area contributed by atoms with Crippen molar-refractivity contribution in [2.75, 3.05) is 6.54 Å². The van der Waals surface area contributed by atoms with Gasteiger partial charge >= 0.3 is 0 Å². The maximum absolute atomic E-state index is 12.6. The molecule has 0 aliphatic heterocycles. The van der Waals surface area contributed by atoms with Crippen molar-refractivity contribution in [1.82, 2.24) is 0 Å². The third-order valence-electron chi connectivity index (χ3n) is 1.97. The molecule has 15 heavy (non-hydrogen) atoms. The topological polar surface area (TPSA) is 26.0 Å². The van der Waals surface area contributed by atoms with E-state index in [1.165, 1.54) is 12.1 Å². The van der Waals surface area contributed by atoms with E-state index in [9.17, 15) is 8.78 Å². The monoisotopic (exact) mass is 273 g/mol. The summed E-state index contributed by atoms with van der Waals surface area (Å²) in [7, 11) is 0. The molecular formula is C9H8Cl3F2N. The summed E-state index contributed by atoms with van der Waals surface area (Å²) in [6.07, 6.45) is -2.61. The van der Waals surface area contributed by atoms with Gasteiger partial charge in [-0.3, -0.25) is 0 Å². The lowest BCUT2D eigenvalue weighted by Gasteiger charge is -2.17. The molecule has 1 nitrogen and oxygen atoms in total. The Labute approximate surface area is 101 Å². The van der Waals surface area contributed by atoms with Gasteiger partial charge in [0.1, 0.15) is 0 Å². The number of benzene rings is 1. The molecule has 0 spiro atoms. The smallest absolute Gasteiger partial charge is 0.246 e. The molecule has 1 rings (SSSR count). The van der Waals surface area contributed by atoms with E-state index in [1.54, 1.807) is 0 Å². The number of hydrogen-bond acceptors (Lipinski definition) is 1. The molecule has 0 aliphatic carbocycles. The van der Waals surface area contributed by atoms with Crippen LogP contribution in [0.15, 0.2) is 12.1 Å². The highest BCUT2D eigenvalue weighted by Crippen LogP contribution is 2.36. The molecule has 1 aromatic carbocycles. The Balaban J connectivity index is 3.23. The molecule has 0 fully saturated rings. The van der Waals surface area contributed by atoms with E-state index in [4.69, 9.17) is 40.5 Å². The summed E-state index contributed by atoms with van der Waals surface area (Å²) in [5, 5.41) is 0.533. The first-order valence-electron chi connectivity index (χ1n) is 4.10. The zero-order valence-electron chi connectivity index (χ0n) is 7.48. The lowest BCUT2D eigenvalue weighted by molar-refractivity contribution is 0.117. The Morgan fingerprint density at radius 3 is 1.93 bits per heavy atom. The van der Waals surface area contributed by atoms with Crippen LogP contribution in [0.1, 0.15) is 11.5 Å². The predicted octanol–water partition coefficient (Wildman–Crippen LogP) is 3.95. The molecule has 0 aromatic heterocycles. The van der Waals surface area contributed by atoms with Gasteiger partial charge in [-0.25, -0.2) is 8.78 Å². The minimum absolute atomic E-state index is 0.114. The van der Waals surface area contributed by atoms with Gasteiger partial charge in [0.05, 0.1) is 5.92 Å². The van der Waals surface area contributed by atoms with Crippen LogP contribution < -0.4 is 5.73 Å². The Kier molecular flexibility index (Phi) is 4.59. The molecule has 1 atom stereocenters. The molecule has 0 bridgehead atoms. The second-order valence-corrected chi connectivity index (χ2v) is 4.21. The van der Waals surface area contributed by atoms with Crippen molar-refractivity contribution >= 4 is 34.8 Å². The van der Waals surface area contributed by atoms with Crippen LogP contribution in [0.2, 0.25) is 15.1 Å². The molecule has 0 saturated carbocycles. The normalized spacial score (nSPS) is 13.3. The van der Waals surface area contributed by atoms with Gasteiger partial charge in [0.15, 0.2) is 0 Å². The zero-order chi connectivity index (χ0) is 11.6. The molecule has 1 unspecified atom stereocenters. The van der Waals surface area contributed by atoms with Gasteiger partial charge < -0.3 is 5.73 Å². The fraction of sp³-hybridized carbons (Fsp3) is 0.333. The fourth-order valence-corrected chi connectivity index (χ4v) is 2.35. The maximum atomic E-state index is 12.6. The number of rotatable bonds is 3. The SMILES string of the molecule is NCC(c1c(Cl)cc(Cl)cc1Cl)C(F)F. The second kappa shape index (κ2) is 5.30. The van der Waals surface area contributed by atoms with Gasteiger partial charge in [-0.1, -0.05) is 34.8 Å². The zero-order valence-corrected chi connectivity index (χ0v) is 9.75. The first-order valence-corrected chi connectivity index (χ1v) is 5.23. The van der Waals surface area contributed by atoms with E-state index in [-0.39, 0.29) is 22.2 Å². The van der Waals surface area contributed by atoms with E-state index >= 15 is 0 Å². The highest BCUT2D eigenvalue weighted by atomic mass is 35.5. The van der Waals surface area contributed by atoms with E-state index in [0.29, 0.717) is 5.02 Å². The van der Waals surface area contributed by atoms with Gasteiger partial charge in [0.2, 0.25) is 6.43 Å². The van der Waals surface area contributed by atoms with Gasteiger partial charge in [-0.15, -0.1) is 0 Å². The molecule has 0 aliphatic rings. The molecule has 1 aromatic rings. The van der Waals surface area contributed by atoms with E-state index in [1.807, 2.05) is 0 Å². The first kappa shape index (κ1) is 13.0. The Hall–Kier alpha value is -0.0900. The third kappa shape index (κ3) is 2.94. The largest absolute Gasteiger partial charge is 0.330 e. The van der Waals surface area contributed by atoms with Crippen LogP contribution in [0.3, 0.4) is 0 Å². The molecule has 0 saturated heterocycles. The van der Waals surface area contributed by atoms with Gasteiger partial charge in [-0.2, -0.15) is 0 Å². The predicted molar refractivity (Wildman–Crippen MR) is 59.3 cm³/mol. The van der Waals surface area contributed by atoms with E-state index in [0.717, 1.165) is 0 Å². The third-order valence-corrected chi connectivity index (χ3v) is 2.82. The van der Waals surface area contributed by atoms with Crippen molar-refractivity contribution in [2.45, 2.75) is 12.3 Å². The van der Waals surface area contributed by atoms with Crippen LogP contribution in [0, 0.1) is 0 Å². The fourth-order valence-electron chi connectivity index (χ4n) is 1.25. The van der Waals surface area contributed by atoms with Crippen LogP contribution in [-0.4, -0.2) is 13.0 Å². The number of hydrogen-bond donors (Lipinski definition) is 1. The van der Waals surface area contributed by atoms with Crippen LogP contribution in [-0.2, 0) is 0 Å². The number of alkyl halides is 2. The van der Waals surface area contributed by atoms with Gasteiger partial charge in [0.25, 0.3) is 0 Å². The average Bonchev–Trinajstić information content (AvgIpc) is 2.09. The average molecular weight is 275 g/mol. The quantitative estimate of drug-likeness (QED) is 0.887. The van der Waals surface area contributed by atoms with Crippen molar-refractivity contribution in [3.05, 3.63) is 32.8 Å². The molecule has 0 radical (unpaired) electrons. The van der Waals surface area contributed by atoms with Crippen LogP contribution in [0.25, 0.3) is 0 Å². The second-order valence-electron chi connectivity index (χ2n) is 2.96. The van der Waals surface area contributed by atoms with E-state index in [2.05, 4.69) is 0 Å².